The van der Waals surface area contributed by atoms with Gasteiger partial charge >= 0.3 is 13.2 Å². The number of benzene rings is 2. The third-order valence-corrected chi connectivity index (χ3v) is 3.71. The van der Waals surface area contributed by atoms with Crippen LogP contribution >= 0.6 is 0 Å². The van der Waals surface area contributed by atoms with E-state index < -0.39 is 24.9 Å². The number of ether oxygens (including phenoxy) is 3. The lowest BCUT2D eigenvalue weighted by molar-refractivity contribution is -0.123. The summed E-state index contributed by atoms with van der Waals surface area (Å²) in [6.07, 6.45) is 2.24. The maximum atomic E-state index is 12.6. The van der Waals surface area contributed by atoms with E-state index in [2.05, 4.69) is 20.1 Å². The van der Waals surface area contributed by atoms with Gasteiger partial charge in [-0.1, -0.05) is 0 Å². The summed E-state index contributed by atoms with van der Waals surface area (Å²) < 4.78 is 63.6. The molecule has 7 nitrogen and oxygen atoms in total. The number of hydrogen-bond donors (Lipinski definition) is 2. The number of carbonyl (C=O) groups excluding carboxylic acids is 2. The molecule has 0 aliphatic rings. The van der Waals surface area contributed by atoms with Gasteiger partial charge in [0.05, 0.1) is 0 Å². The smallest absolute Gasteiger partial charge is 0.387 e. The molecule has 32 heavy (non-hydrogen) atoms. The molecule has 0 aliphatic carbocycles. The highest BCUT2D eigenvalue weighted by molar-refractivity contribution is 6.02. The number of rotatable bonds is 11. The van der Waals surface area contributed by atoms with E-state index in [4.69, 9.17) is 4.74 Å². The third kappa shape index (κ3) is 8.54. The second kappa shape index (κ2) is 12.2. The number of halogens is 4. The zero-order valence-electron chi connectivity index (χ0n) is 16.8. The van der Waals surface area contributed by atoms with Gasteiger partial charge in [-0.3, -0.25) is 9.59 Å². The zero-order chi connectivity index (χ0) is 23.5. The molecule has 0 atom stereocenters. The summed E-state index contributed by atoms with van der Waals surface area (Å²) in [5.74, 6) is -1.23. The van der Waals surface area contributed by atoms with Gasteiger partial charge in [0.15, 0.2) is 6.61 Å². The van der Waals surface area contributed by atoms with Gasteiger partial charge in [-0.2, -0.15) is 17.6 Å². The van der Waals surface area contributed by atoms with E-state index >= 15 is 0 Å². The molecule has 172 valence electrons. The highest BCUT2D eigenvalue weighted by Gasteiger charge is 2.12. The first-order chi connectivity index (χ1) is 15.3. The monoisotopic (exact) mass is 456 g/mol. The van der Waals surface area contributed by atoms with Crippen LogP contribution in [-0.4, -0.2) is 38.2 Å². The first-order valence-electron chi connectivity index (χ1n) is 9.29. The number of alkyl halides is 4. The molecule has 0 fully saturated rings. The van der Waals surface area contributed by atoms with Gasteiger partial charge in [-0.05, 0) is 49.4 Å². The molecule has 0 aliphatic heterocycles. The van der Waals surface area contributed by atoms with Crippen LogP contribution in [0.5, 0.6) is 17.2 Å². The Hall–Kier alpha value is -3.76. The Balaban J connectivity index is 1.99. The zero-order valence-corrected chi connectivity index (χ0v) is 16.8. The molecular weight excluding hydrogens is 436 g/mol. The second-order valence-corrected chi connectivity index (χ2v) is 6.05. The van der Waals surface area contributed by atoms with Crippen molar-refractivity contribution in [1.82, 2.24) is 5.32 Å². The Morgan fingerprint density at radius 1 is 0.969 bits per heavy atom. The van der Waals surface area contributed by atoms with Crippen LogP contribution in [0.15, 0.2) is 48.5 Å². The van der Waals surface area contributed by atoms with E-state index in [9.17, 15) is 27.2 Å². The molecule has 2 rings (SSSR count). The summed E-state index contributed by atoms with van der Waals surface area (Å²) in [6, 6.07) is 9.38. The van der Waals surface area contributed by atoms with Crippen LogP contribution in [0.4, 0.5) is 23.2 Å². The van der Waals surface area contributed by atoms with Crippen molar-refractivity contribution in [2.45, 2.75) is 20.1 Å². The van der Waals surface area contributed by atoms with Gasteiger partial charge in [0, 0.05) is 29.9 Å². The number of nitrogens with one attached hydrogen (secondary N) is 2. The fourth-order valence-corrected chi connectivity index (χ4v) is 2.41. The Labute approximate surface area is 181 Å². The minimum atomic E-state index is -3.20. The quantitative estimate of drug-likeness (QED) is 0.394. The van der Waals surface area contributed by atoms with Crippen LogP contribution in [-0.2, 0) is 9.59 Å². The summed E-state index contributed by atoms with van der Waals surface area (Å²) in [6.45, 7) is -4.21. The lowest BCUT2D eigenvalue weighted by Gasteiger charge is -2.11. The largest absolute Gasteiger partial charge is 0.484 e. The SMILES string of the molecule is CCNC(=O)COc1ccc(NC(=O)/C=C/c2ccc(OC(F)F)cc2OC(F)F)cc1. The Morgan fingerprint density at radius 3 is 2.25 bits per heavy atom. The van der Waals surface area contributed by atoms with Crippen molar-refractivity contribution in [1.29, 1.82) is 0 Å². The first-order valence-corrected chi connectivity index (χ1v) is 9.29. The van der Waals surface area contributed by atoms with Crippen LogP contribution in [0, 0.1) is 0 Å². The molecule has 0 aromatic heterocycles. The predicted molar refractivity (Wildman–Crippen MR) is 108 cm³/mol. The normalized spacial score (nSPS) is 11.0. The molecule has 0 saturated carbocycles. The van der Waals surface area contributed by atoms with Crippen molar-refractivity contribution in [3.8, 4) is 17.2 Å². The van der Waals surface area contributed by atoms with Crippen LogP contribution in [0.25, 0.3) is 6.08 Å². The molecule has 0 unspecified atom stereocenters. The fourth-order valence-electron chi connectivity index (χ4n) is 2.41. The van der Waals surface area contributed by atoms with Crippen LogP contribution in [0.2, 0.25) is 0 Å². The molecule has 2 amide bonds. The summed E-state index contributed by atoms with van der Waals surface area (Å²) in [5.41, 5.74) is 0.464. The van der Waals surface area contributed by atoms with Crippen LogP contribution in [0.1, 0.15) is 12.5 Å². The van der Waals surface area contributed by atoms with Crippen molar-refractivity contribution in [2.75, 3.05) is 18.5 Å². The molecule has 2 N–H and O–H groups in total. The van der Waals surface area contributed by atoms with Gasteiger partial charge < -0.3 is 24.8 Å². The van der Waals surface area contributed by atoms with Crippen molar-refractivity contribution >= 4 is 23.6 Å². The Kier molecular flexibility index (Phi) is 9.33. The van der Waals surface area contributed by atoms with E-state index in [0.29, 0.717) is 18.0 Å². The van der Waals surface area contributed by atoms with E-state index in [0.717, 1.165) is 18.2 Å². The highest BCUT2D eigenvalue weighted by atomic mass is 19.3. The summed E-state index contributed by atoms with van der Waals surface area (Å²) >= 11 is 0. The molecule has 0 radical (unpaired) electrons. The van der Waals surface area contributed by atoms with Gasteiger partial charge in [-0.15, -0.1) is 0 Å². The van der Waals surface area contributed by atoms with E-state index in [1.165, 1.54) is 12.1 Å². The van der Waals surface area contributed by atoms with Crippen LogP contribution in [0.3, 0.4) is 0 Å². The second-order valence-electron chi connectivity index (χ2n) is 6.05. The molecule has 0 heterocycles. The molecule has 11 heteroatoms. The van der Waals surface area contributed by atoms with Gasteiger partial charge in [-0.25, -0.2) is 0 Å². The summed E-state index contributed by atoms with van der Waals surface area (Å²) in [7, 11) is 0. The Bertz CT molecular complexity index is 936. The standard InChI is InChI=1S/C21H20F4N2O5/c1-2-26-19(29)12-30-15-8-5-14(6-9-15)27-18(28)10-4-13-3-7-16(31-20(22)23)11-17(13)32-21(24)25/h3-11,20-21H,2,12H2,1H3,(H,26,29)(H,27,28)/b10-4+. The van der Waals surface area contributed by atoms with E-state index in [1.807, 2.05) is 0 Å². The first kappa shape index (κ1) is 24.5. The predicted octanol–water partition coefficient (Wildman–Crippen LogP) is 4.06. The topological polar surface area (TPSA) is 85.9 Å². The highest BCUT2D eigenvalue weighted by Crippen LogP contribution is 2.28. The molecular formula is C21H20F4N2O5. The van der Waals surface area contributed by atoms with Gasteiger partial charge in [0.25, 0.3) is 5.91 Å². The van der Waals surface area contributed by atoms with Gasteiger partial charge in [0.2, 0.25) is 5.91 Å². The van der Waals surface area contributed by atoms with Crippen molar-refractivity contribution in [3.05, 3.63) is 54.1 Å². The number of amides is 2. The number of anilines is 1. The molecule has 0 bridgehead atoms. The average molecular weight is 456 g/mol. The lowest BCUT2D eigenvalue weighted by Crippen LogP contribution is -2.28. The Morgan fingerprint density at radius 2 is 1.62 bits per heavy atom. The lowest BCUT2D eigenvalue weighted by atomic mass is 10.1. The molecule has 2 aromatic rings. The van der Waals surface area contributed by atoms with Gasteiger partial charge in [0.1, 0.15) is 17.2 Å². The average Bonchev–Trinajstić information content (AvgIpc) is 2.72. The number of likely N-dealkylation sites (N-methyl/N-ethyl adjacent to an activating group) is 1. The summed E-state index contributed by atoms with van der Waals surface area (Å²) in [4.78, 5) is 23.5. The maximum absolute atomic E-state index is 12.6. The van der Waals surface area contributed by atoms with Crippen LogP contribution < -0.4 is 24.8 Å². The molecule has 0 saturated heterocycles. The maximum Gasteiger partial charge on any atom is 0.387 e. The van der Waals surface area contributed by atoms with Crippen molar-refractivity contribution in [3.63, 3.8) is 0 Å². The van der Waals surface area contributed by atoms with Crippen molar-refractivity contribution in [2.24, 2.45) is 0 Å². The molecule has 2 aromatic carbocycles. The van der Waals surface area contributed by atoms with Crippen molar-refractivity contribution < 1.29 is 41.4 Å². The number of hydrogen-bond acceptors (Lipinski definition) is 5. The number of carbonyl (C=O) groups is 2. The summed E-state index contributed by atoms with van der Waals surface area (Å²) in [5, 5.41) is 5.14. The van der Waals surface area contributed by atoms with E-state index in [-0.39, 0.29) is 23.8 Å². The minimum Gasteiger partial charge on any atom is -0.484 e. The fraction of sp³-hybridized carbons (Fsp3) is 0.238. The van der Waals surface area contributed by atoms with E-state index in [1.54, 1.807) is 31.2 Å². The molecule has 0 spiro atoms. The minimum absolute atomic E-state index is 0.0520. The third-order valence-electron chi connectivity index (χ3n) is 3.71.